The van der Waals surface area contributed by atoms with Crippen molar-refractivity contribution in [3.63, 3.8) is 0 Å². The van der Waals surface area contributed by atoms with Gasteiger partial charge in [0.15, 0.2) is 0 Å². The Balaban J connectivity index is 1.89. The van der Waals surface area contributed by atoms with Crippen LogP contribution >= 0.6 is 0 Å². The highest BCUT2D eigenvalue weighted by Crippen LogP contribution is 2.28. The number of rotatable bonds is 6. The van der Waals surface area contributed by atoms with E-state index < -0.39 is 0 Å². The molecule has 2 aliphatic heterocycles. The van der Waals surface area contributed by atoms with Gasteiger partial charge in [-0.1, -0.05) is 12.8 Å². The fraction of sp³-hybridized carbons (Fsp3) is 0.941. The van der Waals surface area contributed by atoms with E-state index in [1.807, 2.05) is 6.92 Å². The van der Waals surface area contributed by atoms with Gasteiger partial charge in [0.1, 0.15) is 0 Å². The van der Waals surface area contributed by atoms with Gasteiger partial charge in [-0.05, 0) is 58.0 Å². The molecule has 21 heavy (non-hydrogen) atoms. The van der Waals surface area contributed by atoms with Crippen LogP contribution < -0.4 is 5.32 Å². The van der Waals surface area contributed by atoms with Crippen LogP contribution in [0.15, 0.2) is 0 Å². The second-order valence-electron chi connectivity index (χ2n) is 6.39. The summed E-state index contributed by atoms with van der Waals surface area (Å²) in [5, 5.41) is 3.44. The van der Waals surface area contributed by atoms with Gasteiger partial charge in [0, 0.05) is 32.2 Å². The highest BCUT2D eigenvalue weighted by molar-refractivity contribution is 5.76. The van der Waals surface area contributed by atoms with Crippen molar-refractivity contribution >= 4 is 5.91 Å². The first-order valence-electron chi connectivity index (χ1n) is 8.91. The van der Waals surface area contributed by atoms with Gasteiger partial charge in [-0.15, -0.1) is 0 Å². The number of ether oxygens (including phenoxy) is 1. The van der Waals surface area contributed by atoms with Crippen molar-refractivity contribution < 1.29 is 9.53 Å². The molecule has 0 aromatic carbocycles. The zero-order valence-electron chi connectivity index (χ0n) is 13.6. The van der Waals surface area contributed by atoms with Gasteiger partial charge in [0.2, 0.25) is 5.91 Å². The zero-order chi connectivity index (χ0) is 14.9. The molecule has 2 rings (SSSR count). The molecule has 1 amide bonds. The molecule has 1 unspecified atom stereocenters. The van der Waals surface area contributed by atoms with E-state index in [0.29, 0.717) is 30.9 Å². The van der Waals surface area contributed by atoms with Crippen LogP contribution in [0.2, 0.25) is 0 Å². The summed E-state index contributed by atoms with van der Waals surface area (Å²) in [5.41, 5.74) is 0. The maximum atomic E-state index is 12.6. The standard InChI is InChI=1S/C17H32N2O2/c1-2-21-14-6-8-17(20)19-13-5-3-4-7-16(19)15-9-11-18-12-10-15/h15-16,18H,2-14H2,1H3. The van der Waals surface area contributed by atoms with Gasteiger partial charge in [-0.25, -0.2) is 0 Å². The quantitative estimate of drug-likeness (QED) is 0.766. The number of carbonyl (C=O) groups is 1. The van der Waals surface area contributed by atoms with Crippen molar-refractivity contribution in [2.45, 2.75) is 64.3 Å². The minimum Gasteiger partial charge on any atom is -0.382 e. The molecule has 4 heteroatoms. The number of nitrogens with zero attached hydrogens (tertiary/aromatic N) is 1. The molecule has 0 saturated carbocycles. The van der Waals surface area contributed by atoms with Crippen LogP contribution in [0.25, 0.3) is 0 Å². The van der Waals surface area contributed by atoms with Crippen molar-refractivity contribution in [2.24, 2.45) is 5.92 Å². The molecule has 0 aromatic rings. The van der Waals surface area contributed by atoms with Crippen LogP contribution in [-0.4, -0.2) is 49.7 Å². The van der Waals surface area contributed by atoms with Crippen molar-refractivity contribution in [3.8, 4) is 0 Å². The summed E-state index contributed by atoms with van der Waals surface area (Å²) in [6, 6.07) is 0.495. The second kappa shape index (κ2) is 9.42. The molecule has 0 spiro atoms. The first-order chi connectivity index (χ1) is 10.3. The van der Waals surface area contributed by atoms with Crippen LogP contribution in [0.5, 0.6) is 0 Å². The van der Waals surface area contributed by atoms with Gasteiger partial charge < -0.3 is 15.0 Å². The highest BCUT2D eigenvalue weighted by atomic mass is 16.5. The lowest BCUT2D eigenvalue weighted by molar-refractivity contribution is -0.135. The Labute approximate surface area is 129 Å². The fourth-order valence-corrected chi connectivity index (χ4v) is 3.78. The Morgan fingerprint density at radius 1 is 1.19 bits per heavy atom. The fourth-order valence-electron chi connectivity index (χ4n) is 3.78. The third-order valence-corrected chi connectivity index (χ3v) is 4.93. The Morgan fingerprint density at radius 2 is 2.00 bits per heavy atom. The van der Waals surface area contributed by atoms with Gasteiger partial charge in [0.25, 0.3) is 0 Å². The first kappa shape index (κ1) is 16.8. The third-order valence-electron chi connectivity index (χ3n) is 4.93. The summed E-state index contributed by atoms with van der Waals surface area (Å²) in [6.45, 7) is 6.68. The number of nitrogens with one attached hydrogen (secondary N) is 1. The van der Waals surface area contributed by atoms with Gasteiger partial charge in [0.05, 0.1) is 0 Å². The van der Waals surface area contributed by atoms with Crippen LogP contribution in [0.1, 0.15) is 58.3 Å². The number of carbonyl (C=O) groups excluding carboxylic acids is 1. The van der Waals surface area contributed by atoms with Gasteiger partial charge >= 0.3 is 0 Å². The van der Waals surface area contributed by atoms with Gasteiger partial charge in [-0.3, -0.25) is 4.79 Å². The molecule has 2 saturated heterocycles. The minimum absolute atomic E-state index is 0.361. The normalized spacial score (nSPS) is 24.8. The van der Waals surface area contributed by atoms with E-state index in [2.05, 4.69) is 10.2 Å². The second-order valence-corrected chi connectivity index (χ2v) is 6.39. The third kappa shape index (κ3) is 5.26. The maximum Gasteiger partial charge on any atom is 0.222 e. The van der Waals surface area contributed by atoms with Crippen molar-refractivity contribution in [1.82, 2.24) is 10.2 Å². The molecular weight excluding hydrogens is 264 g/mol. The van der Waals surface area contributed by atoms with Crippen LogP contribution in [0.4, 0.5) is 0 Å². The average molecular weight is 296 g/mol. The Kier molecular flexibility index (Phi) is 7.51. The summed E-state index contributed by atoms with van der Waals surface area (Å²) >= 11 is 0. The van der Waals surface area contributed by atoms with E-state index in [1.54, 1.807) is 0 Å². The number of hydrogen-bond acceptors (Lipinski definition) is 3. The largest absolute Gasteiger partial charge is 0.382 e. The number of likely N-dealkylation sites (tertiary alicyclic amines) is 1. The maximum absolute atomic E-state index is 12.6. The smallest absolute Gasteiger partial charge is 0.222 e. The van der Waals surface area contributed by atoms with Crippen LogP contribution in [-0.2, 0) is 9.53 Å². The van der Waals surface area contributed by atoms with E-state index >= 15 is 0 Å². The minimum atomic E-state index is 0.361. The predicted molar refractivity (Wildman–Crippen MR) is 85.3 cm³/mol. The van der Waals surface area contributed by atoms with E-state index in [1.165, 1.54) is 38.5 Å². The summed E-state index contributed by atoms with van der Waals surface area (Å²) in [7, 11) is 0. The zero-order valence-corrected chi connectivity index (χ0v) is 13.6. The van der Waals surface area contributed by atoms with Crippen LogP contribution in [0, 0.1) is 5.92 Å². The predicted octanol–water partition coefficient (Wildman–Crippen LogP) is 2.57. The Bertz CT molecular complexity index is 303. The molecule has 0 bridgehead atoms. The molecular formula is C17H32N2O2. The summed E-state index contributed by atoms with van der Waals surface area (Å²) in [6.07, 6.45) is 8.94. The lowest BCUT2D eigenvalue weighted by Gasteiger charge is -2.38. The lowest BCUT2D eigenvalue weighted by Crippen LogP contribution is -2.47. The number of amides is 1. The van der Waals surface area contributed by atoms with Crippen LogP contribution in [0.3, 0.4) is 0 Å². The topological polar surface area (TPSA) is 41.6 Å². The summed E-state index contributed by atoms with van der Waals surface area (Å²) < 4.78 is 5.36. The van der Waals surface area contributed by atoms with Crippen molar-refractivity contribution in [3.05, 3.63) is 0 Å². The first-order valence-corrected chi connectivity index (χ1v) is 8.91. The molecule has 0 radical (unpaired) electrons. The molecule has 2 heterocycles. The van der Waals surface area contributed by atoms with Crippen molar-refractivity contribution in [1.29, 1.82) is 0 Å². The Morgan fingerprint density at radius 3 is 2.76 bits per heavy atom. The molecule has 1 atom stereocenters. The SMILES string of the molecule is CCOCCCC(=O)N1CCCCCC1C1CCNCC1. The lowest BCUT2D eigenvalue weighted by atomic mass is 9.86. The number of piperidine rings is 1. The van der Waals surface area contributed by atoms with Crippen molar-refractivity contribution in [2.75, 3.05) is 32.8 Å². The molecule has 0 aromatic heterocycles. The molecule has 4 nitrogen and oxygen atoms in total. The molecule has 2 fully saturated rings. The van der Waals surface area contributed by atoms with E-state index in [0.717, 1.165) is 32.7 Å². The summed E-state index contributed by atoms with van der Waals surface area (Å²) in [5.74, 6) is 1.07. The molecule has 1 N–H and O–H groups in total. The molecule has 122 valence electrons. The number of hydrogen-bond donors (Lipinski definition) is 1. The van der Waals surface area contributed by atoms with Gasteiger partial charge in [-0.2, -0.15) is 0 Å². The Hall–Kier alpha value is -0.610. The van der Waals surface area contributed by atoms with E-state index in [4.69, 9.17) is 4.74 Å². The van der Waals surface area contributed by atoms with E-state index in [9.17, 15) is 4.79 Å². The molecule has 2 aliphatic rings. The molecule has 0 aliphatic carbocycles. The summed E-state index contributed by atoms with van der Waals surface area (Å²) in [4.78, 5) is 14.9. The monoisotopic (exact) mass is 296 g/mol. The average Bonchev–Trinajstić information content (AvgIpc) is 2.78. The highest BCUT2D eigenvalue weighted by Gasteiger charge is 2.32. The van der Waals surface area contributed by atoms with E-state index in [-0.39, 0.29) is 0 Å².